The standard InChI is InChI=1S/C18H22ClN3O4/c1-26-17(24)13-6-8-20(9-7-13)16(23)12-21-10-11-22(18(21)25)15-4-2-14(19)3-5-15/h2-5,13H,6-12H2,1H3. The van der Waals surface area contributed by atoms with Crippen LogP contribution < -0.4 is 4.90 Å². The Morgan fingerprint density at radius 1 is 1.12 bits per heavy atom. The molecule has 26 heavy (non-hydrogen) atoms. The highest BCUT2D eigenvalue weighted by Gasteiger charge is 2.33. The maximum Gasteiger partial charge on any atom is 0.325 e. The number of amides is 3. The first-order valence-electron chi connectivity index (χ1n) is 8.67. The Morgan fingerprint density at radius 2 is 1.77 bits per heavy atom. The van der Waals surface area contributed by atoms with Crippen LogP contribution in [0.5, 0.6) is 0 Å². The van der Waals surface area contributed by atoms with Gasteiger partial charge in [0.25, 0.3) is 0 Å². The molecule has 2 saturated heterocycles. The second kappa shape index (κ2) is 7.95. The molecule has 0 aliphatic carbocycles. The molecule has 2 aliphatic heterocycles. The number of hydrogen-bond acceptors (Lipinski definition) is 4. The van der Waals surface area contributed by atoms with E-state index in [2.05, 4.69) is 0 Å². The molecule has 0 spiro atoms. The summed E-state index contributed by atoms with van der Waals surface area (Å²) in [6.07, 6.45) is 1.20. The molecule has 0 atom stereocenters. The molecule has 2 fully saturated rings. The van der Waals surface area contributed by atoms with E-state index in [0.717, 1.165) is 5.69 Å². The number of esters is 1. The molecule has 0 N–H and O–H groups in total. The summed E-state index contributed by atoms with van der Waals surface area (Å²) >= 11 is 5.88. The fraction of sp³-hybridized carbons (Fsp3) is 0.500. The molecular weight excluding hydrogens is 358 g/mol. The van der Waals surface area contributed by atoms with Gasteiger partial charge in [-0.3, -0.25) is 14.5 Å². The van der Waals surface area contributed by atoms with Crippen LogP contribution in [-0.2, 0) is 14.3 Å². The van der Waals surface area contributed by atoms with E-state index in [0.29, 0.717) is 44.0 Å². The van der Waals surface area contributed by atoms with Crippen molar-refractivity contribution in [1.29, 1.82) is 0 Å². The van der Waals surface area contributed by atoms with Crippen molar-refractivity contribution in [2.75, 3.05) is 44.7 Å². The van der Waals surface area contributed by atoms with Crippen LogP contribution in [0.15, 0.2) is 24.3 Å². The lowest BCUT2D eigenvalue weighted by Gasteiger charge is -2.31. The zero-order valence-electron chi connectivity index (χ0n) is 14.7. The van der Waals surface area contributed by atoms with Gasteiger partial charge in [0.15, 0.2) is 0 Å². The molecule has 0 bridgehead atoms. The number of likely N-dealkylation sites (tertiary alicyclic amines) is 1. The molecule has 2 heterocycles. The van der Waals surface area contributed by atoms with Gasteiger partial charge in [0.05, 0.1) is 13.0 Å². The molecule has 0 saturated carbocycles. The number of ether oxygens (including phenoxy) is 1. The molecule has 1 aromatic carbocycles. The van der Waals surface area contributed by atoms with Crippen molar-refractivity contribution in [3.63, 3.8) is 0 Å². The van der Waals surface area contributed by atoms with E-state index >= 15 is 0 Å². The Morgan fingerprint density at radius 3 is 2.38 bits per heavy atom. The number of carbonyl (C=O) groups excluding carboxylic acids is 3. The number of benzene rings is 1. The smallest absolute Gasteiger partial charge is 0.325 e. The molecule has 0 radical (unpaired) electrons. The van der Waals surface area contributed by atoms with Crippen LogP contribution in [0.25, 0.3) is 0 Å². The van der Waals surface area contributed by atoms with E-state index in [-0.39, 0.29) is 30.4 Å². The quantitative estimate of drug-likeness (QED) is 0.750. The van der Waals surface area contributed by atoms with E-state index in [9.17, 15) is 14.4 Å². The van der Waals surface area contributed by atoms with Crippen LogP contribution >= 0.6 is 11.6 Å². The second-order valence-electron chi connectivity index (χ2n) is 6.51. The molecule has 8 heteroatoms. The third-order valence-electron chi connectivity index (χ3n) is 4.94. The van der Waals surface area contributed by atoms with Crippen LogP contribution in [0.4, 0.5) is 10.5 Å². The predicted molar refractivity (Wildman–Crippen MR) is 97.1 cm³/mol. The highest BCUT2D eigenvalue weighted by molar-refractivity contribution is 6.30. The lowest BCUT2D eigenvalue weighted by atomic mass is 9.97. The van der Waals surface area contributed by atoms with Crippen molar-refractivity contribution in [3.8, 4) is 0 Å². The van der Waals surface area contributed by atoms with Crippen LogP contribution in [0, 0.1) is 5.92 Å². The number of anilines is 1. The third kappa shape index (κ3) is 3.93. The summed E-state index contributed by atoms with van der Waals surface area (Å²) in [5.41, 5.74) is 0.772. The van der Waals surface area contributed by atoms with Gasteiger partial charge in [-0.15, -0.1) is 0 Å². The number of rotatable bonds is 4. The highest BCUT2D eigenvalue weighted by Crippen LogP contribution is 2.23. The minimum absolute atomic E-state index is 0.0613. The van der Waals surface area contributed by atoms with E-state index in [1.165, 1.54) is 7.11 Å². The topological polar surface area (TPSA) is 70.2 Å². The first kappa shape index (κ1) is 18.5. The SMILES string of the molecule is COC(=O)C1CCN(C(=O)CN2CCN(c3ccc(Cl)cc3)C2=O)CC1. The Hall–Kier alpha value is -2.28. The van der Waals surface area contributed by atoms with Gasteiger partial charge in [0.2, 0.25) is 5.91 Å². The van der Waals surface area contributed by atoms with Gasteiger partial charge in [-0.1, -0.05) is 11.6 Å². The minimum atomic E-state index is -0.217. The van der Waals surface area contributed by atoms with Gasteiger partial charge < -0.3 is 14.5 Å². The zero-order valence-corrected chi connectivity index (χ0v) is 15.4. The Balaban J connectivity index is 1.53. The van der Waals surface area contributed by atoms with Crippen molar-refractivity contribution in [3.05, 3.63) is 29.3 Å². The normalized spacial score (nSPS) is 18.4. The molecule has 7 nitrogen and oxygen atoms in total. The van der Waals surface area contributed by atoms with Crippen molar-refractivity contribution in [1.82, 2.24) is 9.80 Å². The van der Waals surface area contributed by atoms with Gasteiger partial charge >= 0.3 is 12.0 Å². The lowest BCUT2D eigenvalue weighted by Crippen LogP contribution is -2.46. The fourth-order valence-electron chi connectivity index (χ4n) is 3.38. The maximum atomic E-state index is 12.6. The number of hydrogen-bond donors (Lipinski definition) is 0. The molecule has 2 aliphatic rings. The molecule has 0 unspecified atom stereocenters. The second-order valence-corrected chi connectivity index (χ2v) is 6.95. The van der Waals surface area contributed by atoms with Crippen molar-refractivity contribution < 1.29 is 19.1 Å². The Bertz CT molecular complexity index is 686. The zero-order chi connectivity index (χ0) is 18.7. The van der Waals surface area contributed by atoms with Crippen molar-refractivity contribution >= 4 is 35.2 Å². The monoisotopic (exact) mass is 379 g/mol. The molecule has 140 valence electrons. The van der Waals surface area contributed by atoms with Gasteiger partial charge in [-0.05, 0) is 37.1 Å². The average Bonchev–Trinajstić information content (AvgIpc) is 3.02. The number of urea groups is 1. The van der Waals surface area contributed by atoms with Crippen molar-refractivity contribution in [2.24, 2.45) is 5.92 Å². The summed E-state index contributed by atoms with van der Waals surface area (Å²) in [6, 6.07) is 6.89. The van der Waals surface area contributed by atoms with Gasteiger partial charge in [-0.25, -0.2) is 4.79 Å². The third-order valence-corrected chi connectivity index (χ3v) is 5.19. The molecule has 3 rings (SSSR count). The van der Waals surface area contributed by atoms with E-state index < -0.39 is 0 Å². The molecular formula is C18H22ClN3O4. The van der Waals surface area contributed by atoms with Crippen LogP contribution in [0.1, 0.15) is 12.8 Å². The van der Waals surface area contributed by atoms with Crippen LogP contribution in [0.2, 0.25) is 5.02 Å². The summed E-state index contributed by atoms with van der Waals surface area (Å²) in [4.78, 5) is 41.6. The minimum Gasteiger partial charge on any atom is -0.469 e. The van der Waals surface area contributed by atoms with Crippen LogP contribution in [-0.4, -0.2) is 67.5 Å². The van der Waals surface area contributed by atoms with Gasteiger partial charge in [-0.2, -0.15) is 0 Å². The first-order valence-corrected chi connectivity index (χ1v) is 9.05. The Labute approximate surface area is 157 Å². The lowest BCUT2D eigenvalue weighted by molar-refractivity contribution is -0.148. The molecule has 0 aromatic heterocycles. The number of piperidine rings is 1. The number of carbonyl (C=O) groups is 3. The number of methoxy groups -OCH3 is 1. The van der Waals surface area contributed by atoms with E-state index in [1.807, 2.05) is 0 Å². The van der Waals surface area contributed by atoms with Gasteiger partial charge in [0.1, 0.15) is 6.54 Å². The summed E-state index contributed by atoms with van der Waals surface area (Å²) < 4.78 is 4.76. The fourth-order valence-corrected chi connectivity index (χ4v) is 3.51. The molecule has 1 aromatic rings. The van der Waals surface area contributed by atoms with E-state index in [1.54, 1.807) is 39.0 Å². The van der Waals surface area contributed by atoms with Crippen LogP contribution in [0.3, 0.4) is 0 Å². The number of nitrogens with zero attached hydrogens (tertiary/aromatic N) is 3. The summed E-state index contributed by atoms with van der Waals surface area (Å²) in [7, 11) is 1.38. The van der Waals surface area contributed by atoms with Crippen molar-refractivity contribution in [2.45, 2.75) is 12.8 Å². The first-order chi connectivity index (χ1) is 12.5. The maximum absolute atomic E-state index is 12.6. The largest absolute Gasteiger partial charge is 0.469 e. The van der Waals surface area contributed by atoms with E-state index in [4.69, 9.17) is 16.3 Å². The summed E-state index contributed by atoms with van der Waals surface area (Å²) in [6.45, 7) is 2.14. The summed E-state index contributed by atoms with van der Waals surface area (Å²) in [5.74, 6) is -0.442. The molecule has 3 amide bonds. The predicted octanol–water partition coefficient (Wildman–Crippen LogP) is 1.99. The Kier molecular flexibility index (Phi) is 5.66. The summed E-state index contributed by atoms with van der Waals surface area (Å²) in [5, 5.41) is 0.614. The average molecular weight is 380 g/mol. The van der Waals surface area contributed by atoms with Gasteiger partial charge in [0, 0.05) is 36.9 Å². The highest BCUT2D eigenvalue weighted by atomic mass is 35.5. The number of halogens is 1.